The van der Waals surface area contributed by atoms with E-state index in [9.17, 15) is 14.4 Å². The third-order valence-electron chi connectivity index (χ3n) is 6.69. The molecule has 1 spiro atoms. The van der Waals surface area contributed by atoms with Crippen LogP contribution < -0.4 is 5.32 Å². The second kappa shape index (κ2) is 5.46. The zero-order valence-electron chi connectivity index (χ0n) is 14.5. The van der Waals surface area contributed by atoms with Crippen LogP contribution in [0.1, 0.15) is 58.3 Å². The van der Waals surface area contributed by atoms with Crippen molar-refractivity contribution in [1.29, 1.82) is 0 Å². The van der Waals surface area contributed by atoms with E-state index in [1.807, 2.05) is 4.90 Å². The summed E-state index contributed by atoms with van der Waals surface area (Å²) < 4.78 is 0. The molecular formula is C18H27N3O3. The van der Waals surface area contributed by atoms with Gasteiger partial charge in [0, 0.05) is 13.1 Å². The molecule has 2 heterocycles. The van der Waals surface area contributed by atoms with Crippen molar-refractivity contribution >= 4 is 17.8 Å². The van der Waals surface area contributed by atoms with Gasteiger partial charge in [-0.2, -0.15) is 0 Å². The van der Waals surface area contributed by atoms with Gasteiger partial charge in [0.15, 0.2) is 0 Å². The lowest BCUT2D eigenvalue weighted by Crippen LogP contribution is -2.47. The summed E-state index contributed by atoms with van der Waals surface area (Å²) >= 11 is 0. The predicted molar refractivity (Wildman–Crippen MR) is 88.1 cm³/mol. The summed E-state index contributed by atoms with van der Waals surface area (Å²) in [5.41, 5.74) is -0.499. The highest BCUT2D eigenvalue weighted by atomic mass is 16.2. The van der Waals surface area contributed by atoms with Crippen LogP contribution in [0.5, 0.6) is 0 Å². The van der Waals surface area contributed by atoms with Crippen LogP contribution in [0.4, 0.5) is 4.79 Å². The van der Waals surface area contributed by atoms with Gasteiger partial charge in [-0.05, 0) is 50.4 Å². The highest BCUT2D eigenvalue weighted by Gasteiger charge is 2.56. The second-order valence-corrected chi connectivity index (χ2v) is 8.42. The maximum atomic E-state index is 12.7. The van der Waals surface area contributed by atoms with Gasteiger partial charge >= 0.3 is 6.03 Å². The third-order valence-corrected chi connectivity index (χ3v) is 6.69. The number of carbonyl (C=O) groups excluding carboxylic acids is 3. The summed E-state index contributed by atoms with van der Waals surface area (Å²) in [5.74, 6) is -0.0812. The van der Waals surface area contributed by atoms with Gasteiger partial charge in [-0.3, -0.25) is 14.5 Å². The fraction of sp³-hybridized carbons (Fsp3) is 0.833. The first kappa shape index (κ1) is 15.9. The number of urea groups is 1. The van der Waals surface area contributed by atoms with Gasteiger partial charge in [0.25, 0.3) is 5.91 Å². The molecule has 4 aliphatic rings. The van der Waals surface area contributed by atoms with Crippen molar-refractivity contribution in [3.8, 4) is 0 Å². The third kappa shape index (κ3) is 2.50. The monoisotopic (exact) mass is 333 g/mol. The molecule has 0 aromatic carbocycles. The van der Waals surface area contributed by atoms with Gasteiger partial charge in [-0.1, -0.05) is 19.3 Å². The van der Waals surface area contributed by atoms with Crippen LogP contribution in [0.25, 0.3) is 0 Å². The number of rotatable bonds is 3. The van der Waals surface area contributed by atoms with E-state index < -0.39 is 11.6 Å². The molecule has 2 aliphatic heterocycles. The maximum Gasteiger partial charge on any atom is 0.325 e. The molecule has 0 aromatic rings. The van der Waals surface area contributed by atoms with Crippen molar-refractivity contribution < 1.29 is 14.4 Å². The minimum absolute atomic E-state index is 0.0824. The van der Waals surface area contributed by atoms with Crippen molar-refractivity contribution in [2.75, 3.05) is 19.6 Å². The summed E-state index contributed by atoms with van der Waals surface area (Å²) in [7, 11) is 0. The van der Waals surface area contributed by atoms with E-state index >= 15 is 0 Å². The SMILES string of the molecule is C[C@@]1(C2CC2)NC(=O)N(CC(=O)N2CCC3(CCCCC3)C2)C1=O. The molecule has 6 nitrogen and oxygen atoms in total. The maximum absolute atomic E-state index is 12.7. The first-order valence-corrected chi connectivity index (χ1v) is 9.35. The summed E-state index contributed by atoms with van der Waals surface area (Å²) in [6, 6.07) is -0.408. The Labute approximate surface area is 142 Å². The lowest BCUT2D eigenvalue weighted by atomic mass is 9.73. The molecule has 2 saturated heterocycles. The molecule has 0 radical (unpaired) electrons. The Hall–Kier alpha value is -1.59. The molecular weight excluding hydrogens is 306 g/mol. The second-order valence-electron chi connectivity index (χ2n) is 8.42. The van der Waals surface area contributed by atoms with Crippen molar-refractivity contribution in [1.82, 2.24) is 15.1 Å². The quantitative estimate of drug-likeness (QED) is 0.802. The minimum Gasteiger partial charge on any atom is -0.341 e. The first-order chi connectivity index (χ1) is 11.4. The predicted octanol–water partition coefficient (Wildman–Crippen LogP) is 1.89. The van der Waals surface area contributed by atoms with Crippen LogP contribution in [-0.4, -0.2) is 52.8 Å². The number of carbonyl (C=O) groups is 3. The molecule has 24 heavy (non-hydrogen) atoms. The van der Waals surface area contributed by atoms with E-state index in [0.29, 0.717) is 5.41 Å². The van der Waals surface area contributed by atoms with E-state index in [-0.39, 0.29) is 24.3 Å². The number of likely N-dealkylation sites (tertiary alicyclic amines) is 1. The molecule has 6 heteroatoms. The molecule has 2 aliphatic carbocycles. The lowest BCUT2D eigenvalue weighted by molar-refractivity contribution is -0.138. The number of amides is 4. The van der Waals surface area contributed by atoms with E-state index in [0.717, 1.165) is 37.3 Å². The van der Waals surface area contributed by atoms with Gasteiger partial charge < -0.3 is 10.2 Å². The Bertz CT molecular complexity index is 580. The van der Waals surface area contributed by atoms with Gasteiger partial charge in [-0.25, -0.2) is 4.79 Å². The van der Waals surface area contributed by atoms with E-state index in [4.69, 9.17) is 0 Å². The molecule has 0 aromatic heterocycles. The van der Waals surface area contributed by atoms with E-state index in [1.165, 1.54) is 32.1 Å². The standard InChI is InChI=1S/C18H27N3O3/c1-17(13-5-6-13)15(23)21(16(24)19-17)11-14(22)20-10-9-18(12-20)7-3-2-4-8-18/h13H,2-12H2,1H3,(H,19,24)/t17-/m0/s1. The molecule has 2 saturated carbocycles. The molecule has 0 bridgehead atoms. The molecule has 4 rings (SSSR count). The Balaban J connectivity index is 1.39. The smallest absolute Gasteiger partial charge is 0.325 e. The van der Waals surface area contributed by atoms with Crippen molar-refractivity contribution in [3.63, 3.8) is 0 Å². The molecule has 1 N–H and O–H groups in total. The van der Waals surface area contributed by atoms with Gasteiger partial charge in [0.1, 0.15) is 12.1 Å². The summed E-state index contributed by atoms with van der Waals surface area (Å²) in [6.45, 7) is 3.25. The average molecular weight is 333 g/mol. The number of nitrogens with zero attached hydrogens (tertiary/aromatic N) is 2. The fourth-order valence-corrected chi connectivity index (χ4v) is 4.89. The van der Waals surface area contributed by atoms with Gasteiger partial charge in [0.2, 0.25) is 5.91 Å². The molecule has 4 amide bonds. The normalized spacial score (nSPS) is 32.5. The Kier molecular flexibility index (Phi) is 3.62. The number of nitrogens with one attached hydrogen (secondary N) is 1. The van der Waals surface area contributed by atoms with Crippen molar-refractivity contribution in [2.45, 2.75) is 63.8 Å². The highest BCUT2D eigenvalue weighted by Crippen LogP contribution is 2.44. The summed E-state index contributed by atoms with van der Waals surface area (Å²) in [5, 5.41) is 2.81. The highest BCUT2D eigenvalue weighted by molar-refractivity contribution is 6.09. The van der Waals surface area contributed by atoms with Crippen LogP contribution in [-0.2, 0) is 9.59 Å². The van der Waals surface area contributed by atoms with Gasteiger partial charge in [0.05, 0.1) is 0 Å². The molecule has 4 fully saturated rings. The van der Waals surface area contributed by atoms with Crippen LogP contribution in [0.2, 0.25) is 0 Å². The fourth-order valence-electron chi connectivity index (χ4n) is 4.89. The minimum atomic E-state index is -0.799. The largest absolute Gasteiger partial charge is 0.341 e. The van der Waals surface area contributed by atoms with Crippen molar-refractivity contribution in [3.05, 3.63) is 0 Å². The van der Waals surface area contributed by atoms with Crippen LogP contribution in [0.15, 0.2) is 0 Å². The Morgan fingerprint density at radius 2 is 1.88 bits per heavy atom. The van der Waals surface area contributed by atoms with Crippen LogP contribution in [0.3, 0.4) is 0 Å². The summed E-state index contributed by atoms with van der Waals surface area (Å²) in [4.78, 5) is 40.5. The molecule has 132 valence electrons. The Morgan fingerprint density at radius 1 is 1.17 bits per heavy atom. The number of imide groups is 1. The van der Waals surface area contributed by atoms with Crippen LogP contribution >= 0.6 is 0 Å². The summed E-state index contributed by atoms with van der Waals surface area (Å²) in [6.07, 6.45) is 9.25. The van der Waals surface area contributed by atoms with E-state index in [1.54, 1.807) is 6.92 Å². The van der Waals surface area contributed by atoms with Crippen molar-refractivity contribution in [2.24, 2.45) is 11.3 Å². The van der Waals surface area contributed by atoms with E-state index in [2.05, 4.69) is 5.32 Å². The topological polar surface area (TPSA) is 69.7 Å². The van der Waals surface area contributed by atoms with Crippen LogP contribution in [0, 0.1) is 11.3 Å². The lowest BCUT2D eigenvalue weighted by Gasteiger charge is -2.33. The van der Waals surface area contributed by atoms with Gasteiger partial charge in [-0.15, -0.1) is 0 Å². The zero-order valence-corrected chi connectivity index (χ0v) is 14.5. The first-order valence-electron chi connectivity index (χ1n) is 9.35. The average Bonchev–Trinajstić information content (AvgIpc) is 3.31. The zero-order chi connectivity index (χ0) is 16.9. The molecule has 1 atom stereocenters. The number of hydrogen-bond donors (Lipinski definition) is 1. The Morgan fingerprint density at radius 3 is 2.54 bits per heavy atom. The molecule has 0 unspecified atom stereocenters. The number of hydrogen-bond acceptors (Lipinski definition) is 3.